The van der Waals surface area contributed by atoms with Crippen LogP contribution in [0.1, 0.15) is 49.0 Å². The average molecular weight is 322 g/mol. The van der Waals surface area contributed by atoms with Crippen molar-refractivity contribution < 1.29 is 14.3 Å². The largest absolute Gasteiger partial charge is 0.459 e. The van der Waals surface area contributed by atoms with Crippen LogP contribution in [0, 0.1) is 6.92 Å². The highest BCUT2D eigenvalue weighted by atomic mass is 32.1. The van der Waals surface area contributed by atoms with Crippen LogP contribution in [0.15, 0.2) is 11.1 Å². The molecule has 0 bridgehead atoms. The molecule has 0 aliphatic rings. The smallest absolute Gasteiger partial charge is 0.348 e. The van der Waals surface area contributed by atoms with Gasteiger partial charge in [0, 0.05) is 0 Å². The number of aromatic nitrogens is 2. The van der Waals surface area contributed by atoms with E-state index in [1.807, 2.05) is 0 Å². The molecule has 2 rings (SSSR count). The molecule has 0 saturated carbocycles. The maximum Gasteiger partial charge on any atom is 0.348 e. The molecule has 1 atom stereocenters. The third-order valence-electron chi connectivity index (χ3n) is 3.41. The monoisotopic (exact) mass is 322 g/mol. The molecule has 0 N–H and O–H groups in total. The molecule has 22 heavy (non-hydrogen) atoms. The highest BCUT2D eigenvalue weighted by molar-refractivity contribution is 7.20. The fourth-order valence-electron chi connectivity index (χ4n) is 2.07. The molecule has 0 amide bonds. The second-order valence-corrected chi connectivity index (χ2v) is 6.43. The molecule has 7 heteroatoms. The lowest BCUT2D eigenvalue weighted by atomic mass is 10.2. The van der Waals surface area contributed by atoms with Crippen LogP contribution in [0.2, 0.25) is 0 Å². The topological polar surface area (TPSA) is 78.3 Å². The molecule has 6 nitrogen and oxygen atoms in total. The van der Waals surface area contributed by atoms with Gasteiger partial charge in [0.05, 0.1) is 23.9 Å². The highest BCUT2D eigenvalue weighted by Crippen LogP contribution is 2.28. The maximum atomic E-state index is 12.6. The number of Topliss-reactive ketones (excluding diaryl/α,β-unsaturated/α-hetero) is 1. The van der Waals surface area contributed by atoms with Gasteiger partial charge in [-0.3, -0.25) is 14.2 Å². The number of hydrogen-bond acceptors (Lipinski definition) is 6. The lowest BCUT2D eigenvalue weighted by Gasteiger charge is -2.10. The molecule has 118 valence electrons. The Balaban J connectivity index is 2.62. The number of hydrogen-bond donors (Lipinski definition) is 0. The fraction of sp³-hybridized carbons (Fsp3) is 0.467. The fourth-order valence-corrected chi connectivity index (χ4v) is 3.09. The molecule has 0 spiro atoms. The van der Waals surface area contributed by atoms with E-state index in [0.29, 0.717) is 20.7 Å². The van der Waals surface area contributed by atoms with Gasteiger partial charge in [0.15, 0.2) is 5.78 Å². The minimum atomic E-state index is -0.588. The normalized spacial score (nSPS) is 12.6. The highest BCUT2D eigenvalue weighted by Gasteiger charge is 2.22. The number of esters is 1. The van der Waals surface area contributed by atoms with Gasteiger partial charge in [-0.25, -0.2) is 9.78 Å². The Bertz CT molecular complexity index is 804. The molecule has 0 aliphatic heterocycles. The van der Waals surface area contributed by atoms with E-state index < -0.39 is 12.0 Å². The third kappa shape index (κ3) is 2.81. The first kappa shape index (κ1) is 16.4. The van der Waals surface area contributed by atoms with Crippen LogP contribution in [-0.2, 0) is 9.53 Å². The summed E-state index contributed by atoms with van der Waals surface area (Å²) < 4.78 is 6.48. The lowest BCUT2D eigenvalue weighted by Crippen LogP contribution is -2.27. The van der Waals surface area contributed by atoms with E-state index in [-0.39, 0.29) is 17.4 Å². The van der Waals surface area contributed by atoms with Crippen molar-refractivity contribution in [3.63, 3.8) is 0 Å². The van der Waals surface area contributed by atoms with Gasteiger partial charge in [0.25, 0.3) is 5.56 Å². The Morgan fingerprint density at radius 3 is 2.50 bits per heavy atom. The van der Waals surface area contributed by atoms with Crippen molar-refractivity contribution in [1.82, 2.24) is 9.55 Å². The van der Waals surface area contributed by atoms with Crippen LogP contribution < -0.4 is 5.56 Å². The van der Waals surface area contributed by atoms with Gasteiger partial charge in [-0.2, -0.15) is 0 Å². The van der Waals surface area contributed by atoms with Crippen molar-refractivity contribution in [2.75, 3.05) is 0 Å². The molecular weight excluding hydrogens is 304 g/mol. The second kappa shape index (κ2) is 6.00. The number of aryl methyl sites for hydroxylation is 1. The second-order valence-electron chi connectivity index (χ2n) is 5.43. The van der Waals surface area contributed by atoms with Gasteiger partial charge in [-0.15, -0.1) is 11.3 Å². The van der Waals surface area contributed by atoms with Crippen molar-refractivity contribution in [2.45, 2.75) is 46.8 Å². The van der Waals surface area contributed by atoms with Crippen LogP contribution in [0.4, 0.5) is 0 Å². The van der Waals surface area contributed by atoms with E-state index in [9.17, 15) is 14.4 Å². The standard InChI is InChI=1S/C15H18N2O4S/c1-7(2)21-15(20)12-8(3)11-13(22-12)16-6-17(14(11)19)9(4)10(5)18/h6-7,9H,1-5H3/t9-/m1/s1. The molecule has 2 aromatic rings. The summed E-state index contributed by atoms with van der Waals surface area (Å²) in [7, 11) is 0. The zero-order valence-electron chi connectivity index (χ0n) is 13.2. The molecule has 0 fully saturated rings. The van der Waals surface area contributed by atoms with Gasteiger partial charge >= 0.3 is 5.97 Å². The van der Waals surface area contributed by atoms with E-state index in [1.54, 1.807) is 27.7 Å². The van der Waals surface area contributed by atoms with Crippen molar-refractivity contribution in [3.8, 4) is 0 Å². The molecule has 2 aromatic heterocycles. The molecule has 0 saturated heterocycles. The number of nitrogens with zero attached hydrogens (tertiary/aromatic N) is 2. The number of thiophene rings is 1. The Morgan fingerprint density at radius 2 is 1.95 bits per heavy atom. The molecule has 0 aliphatic carbocycles. The SMILES string of the molecule is CC(=O)[C@@H](C)n1cnc2sc(C(=O)OC(C)C)c(C)c2c1=O. The predicted molar refractivity (Wildman–Crippen MR) is 84.6 cm³/mol. The Morgan fingerprint density at radius 1 is 1.32 bits per heavy atom. The van der Waals surface area contributed by atoms with E-state index >= 15 is 0 Å². The van der Waals surface area contributed by atoms with Gasteiger partial charge in [-0.1, -0.05) is 0 Å². The van der Waals surface area contributed by atoms with Gasteiger partial charge in [0.2, 0.25) is 0 Å². The van der Waals surface area contributed by atoms with Crippen LogP contribution in [0.5, 0.6) is 0 Å². The number of carbonyl (C=O) groups is 2. The summed E-state index contributed by atoms with van der Waals surface area (Å²) in [4.78, 5) is 41.2. The number of fused-ring (bicyclic) bond motifs is 1. The van der Waals surface area contributed by atoms with Crippen LogP contribution >= 0.6 is 11.3 Å². The van der Waals surface area contributed by atoms with Crippen molar-refractivity contribution in [2.24, 2.45) is 0 Å². The number of ether oxygens (including phenoxy) is 1. The molecule has 0 unspecified atom stereocenters. The van der Waals surface area contributed by atoms with Crippen molar-refractivity contribution in [1.29, 1.82) is 0 Å². The number of carbonyl (C=O) groups excluding carboxylic acids is 2. The zero-order chi connectivity index (χ0) is 16.6. The summed E-state index contributed by atoms with van der Waals surface area (Å²) in [5, 5.41) is 0.372. The summed E-state index contributed by atoms with van der Waals surface area (Å²) in [6.45, 7) is 8.29. The summed E-state index contributed by atoms with van der Waals surface area (Å²) in [6.07, 6.45) is 1.11. The van der Waals surface area contributed by atoms with Crippen LogP contribution in [0.3, 0.4) is 0 Å². The van der Waals surface area contributed by atoms with E-state index in [0.717, 1.165) is 11.3 Å². The van der Waals surface area contributed by atoms with Crippen molar-refractivity contribution >= 4 is 33.3 Å². The quantitative estimate of drug-likeness (QED) is 0.808. The summed E-state index contributed by atoms with van der Waals surface area (Å²) >= 11 is 1.13. The molecule has 0 radical (unpaired) electrons. The molecule has 2 heterocycles. The third-order valence-corrected chi connectivity index (χ3v) is 4.59. The average Bonchev–Trinajstić information content (AvgIpc) is 2.75. The first-order chi connectivity index (χ1) is 10.2. The number of rotatable bonds is 4. The van der Waals surface area contributed by atoms with E-state index in [1.165, 1.54) is 17.8 Å². The van der Waals surface area contributed by atoms with Crippen LogP contribution in [-0.4, -0.2) is 27.4 Å². The Kier molecular flexibility index (Phi) is 4.46. The lowest BCUT2D eigenvalue weighted by molar-refractivity contribution is -0.119. The number of ketones is 1. The van der Waals surface area contributed by atoms with Crippen LogP contribution in [0.25, 0.3) is 10.2 Å². The van der Waals surface area contributed by atoms with Crippen molar-refractivity contribution in [3.05, 3.63) is 27.1 Å². The zero-order valence-corrected chi connectivity index (χ0v) is 14.0. The van der Waals surface area contributed by atoms with Gasteiger partial charge in [-0.05, 0) is 40.2 Å². The molecule has 0 aromatic carbocycles. The Hall–Kier alpha value is -2.02. The Labute approximate surface area is 131 Å². The van der Waals surface area contributed by atoms with Gasteiger partial charge in [0.1, 0.15) is 9.71 Å². The minimum Gasteiger partial charge on any atom is -0.459 e. The minimum absolute atomic E-state index is 0.129. The summed E-state index contributed by atoms with van der Waals surface area (Å²) in [5.41, 5.74) is 0.235. The summed E-state index contributed by atoms with van der Waals surface area (Å²) in [5.74, 6) is -0.586. The van der Waals surface area contributed by atoms with E-state index in [4.69, 9.17) is 4.74 Å². The van der Waals surface area contributed by atoms with Gasteiger partial charge < -0.3 is 4.74 Å². The predicted octanol–water partition coefficient (Wildman–Crippen LogP) is 2.48. The first-order valence-corrected chi connectivity index (χ1v) is 7.77. The first-order valence-electron chi connectivity index (χ1n) is 6.95. The summed E-state index contributed by atoms with van der Waals surface area (Å²) in [6, 6.07) is -0.588. The maximum absolute atomic E-state index is 12.6. The van der Waals surface area contributed by atoms with E-state index in [2.05, 4.69) is 4.98 Å². The molecular formula is C15H18N2O4S.